The molecule has 1 aromatic heterocycles. The highest BCUT2D eigenvalue weighted by Gasteiger charge is 2.54. The number of nitrogens with one attached hydrogen (secondary N) is 1. The molecule has 1 saturated heterocycles. The van der Waals surface area contributed by atoms with Gasteiger partial charge in [-0.2, -0.15) is 0 Å². The van der Waals surface area contributed by atoms with E-state index in [1.165, 1.54) is 18.9 Å². The number of carbonyl (C=O) groups excluding carboxylic acids is 2. The number of hydrogen-bond acceptors (Lipinski definition) is 3. The predicted octanol–water partition coefficient (Wildman–Crippen LogP) is 2.31. The van der Waals surface area contributed by atoms with Crippen LogP contribution in [-0.2, 0) is 16.0 Å². The zero-order valence-corrected chi connectivity index (χ0v) is 15.0. The van der Waals surface area contributed by atoms with Crippen molar-refractivity contribution in [3.05, 3.63) is 29.8 Å². The average molecular weight is 359 g/mol. The molecule has 140 valence electrons. The molecule has 1 N–H and O–H groups in total. The fraction of sp³-hybridized carbons (Fsp3) is 0.650. The van der Waals surface area contributed by atoms with Crippen LogP contribution in [0.4, 0.5) is 4.39 Å². The Hall–Kier alpha value is -1.98. The van der Waals surface area contributed by atoms with Gasteiger partial charge >= 0.3 is 0 Å². The van der Waals surface area contributed by atoms with Crippen LogP contribution in [0, 0.1) is 23.1 Å². The summed E-state index contributed by atoms with van der Waals surface area (Å²) in [6.07, 6.45) is 7.85. The van der Waals surface area contributed by atoms with Gasteiger partial charge in [0.2, 0.25) is 11.8 Å². The van der Waals surface area contributed by atoms with Crippen LogP contribution in [0.2, 0.25) is 0 Å². The van der Waals surface area contributed by atoms with Crippen molar-refractivity contribution in [2.75, 3.05) is 19.6 Å². The summed E-state index contributed by atoms with van der Waals surface area (Å²) in [7, 11) is 0. The van der Waals surface area contributed by atoms with Crippen molar-refractivity contribution in [3.63, 3.8) is 0 Å². The monoisotopic (exact) mass is 359 g/mol. The molecular formula is C20H26FN3O2. The molecule has 4 rings (SSSR count). The van der Waals surface area contributed by atoms with Gasteiger partial charge in [-0.1, -0.05) is 6.42 Å². The van der Waals surface area contributed by atoms with Crippen LogP contribution in [0.15, 0.2) is 18.3 Å². The summed E-state index contributed by atoms with van der Waals surface area (Å²) in [6.45, 7) is 2.34. The largest absolute Gasteiger partial charge is 0.356 e. The van der Waals surface area contributed by atoms with Gasteiger partial charge in [-0.15, -0.1) is 0 Å². The number of pyridine rings is 1. The lowest BCUT2D eigenvalue weighted by molar-refractivity contribution is -0.132. The van der Waals surface area contributed by atoms with E-state index in [1.807, 2.05) is 4.90 Å². The number of halogens is 1. The molecule has 1 aromatic rings. The molecule has 2 amide bonds. The van der Waals surface area contributed by atoms with Crippen LogP contribution in [0.25, 0.3) is 0 Å². The second-order valence-electron chi connectivity index (χ2n) is 8.16. The van der Waals surface area contributed by atoms with Gasteiger partial charge in [-0.3, -0.25) is 14.6 Å². The van der Waals surface area contributed by atoms with Crippen molar-refractivity contribution in [2.24, 2.45) is 17.3 Å². The van der Waals surface area contributed by atoms with Crippen LogP contribution >= 0.6 is 0 Å². The van der Waals surface area contributed by atoms with Crippen molar-refractivity contribution in [1.82, 2.24) is 15.2 Å². The van der Waals surface area contributed by atoms with Gasteiger partial charge in [0.05, 0.1) is 12.6 Å². The Morgan fingerprint density at radius 3 is 2.65 bits per heavy atom. The van der Waals surface area contributed by atoms with Gasteiger partial charge in [0, 0.05) is 31.2 Å². The molecule has 1 spiro atoms. The fourth-order valence-electron chi connectivity index (χ4n) is 4.35. The van der Waals surface area contributed by atoms with Gasteiger partial charge in [0.1, 0.15) is 5.82 Å². The first-order chi connectivity index (χ1) is 12.6. The standard InChI is InChI=1S/C20H26FN3O2/c21-16-4-5-17(22-13-16)10-18(25)24-8-6-20(7-9-24)11-15(20)12-23-19(26)14-2-1-3-14/h4-5,13-15H,1-3,6-12H2,(H,23,26)/t15-/m0/s1. The molecule has 5 nitrogen and oxygen atoms in total. The summed E-state index contributed by atoms with van der Waals surface area (Å²) < 4.78 is 12.9. The maximum Gasteiger partial charge on any atom is 0.228 e. The van der Waals surface area contributed by atoms with E-state index in [2.05, 4.69) is 10.3 Å². The summed E-state index contributed by atoms with van der Waals surface area (Å²) in [5.41, 5.74) is 0.942. The van der Waals surface area contributed by atoms with Crippen molar-refractivity contribution in [2.45, 2.75) is 44.9 Å². The molecule has 1 atom stereocenters. The zero-order chi connectivity index (χ0) is 18.1. The summed E-state index contributed by atoms with van der Waals surface area (Å²) in [6, 6.07) is 2.91. The van der Waals surface area contributed by atoms with E-state index in [0.29, 0.717) is 17.0 Å². The van der Waals surface area contributed by atoms with Crippen LogP contribution in [-0.4, -0.2) is 41.3 Å². The molecule has 3 aliphatic rings. The number of likely N-dealkylation sites (tertiary alicyclic amines) is 1. The highest BCUT2D eigenvalue weighted by Crippen LogP contribution is 2.59. The Balaban J connectivity index is 1.21. The van der Waals surface area contributed by atoms with Gasteiger partial charge in [0.15, 0.2) is 0 Å². The molecule has 2 saturated carbocycles. The Morgan fingerprint density at radius 2 is 2.04 bits per heavy atom. The molecule has 0 radical (unpaired) electrons. The number of amides is 2. The van der Waals surface area contributed by atoms with Gasteiger partial charge in [-0.25, -0.2) is 4.39 Å². The molecule has 2 heterocycles. The lowest BCUT2D eigenvalue weighted by Gasteiger charge is -2.33. The van der Waals surface area contributed by atoms with E-state index < -0.39 is 0 Å². The minimum absolute atomic E-state index is 0.0643. The highest BCUT2D eigenvalue weighted by molar-refractivity contribution is 5.79. The van der Waals surface area contributed by atoms with Crippen LogP contribution in [0.3, 0.4) is 0 Å². The second-order valence-corrected chi connectivity index (χ2v) is 8.16. The topological polar surface area (TPSA) is 62.3 Å². The highest BCUT2D eigenvalue weighted by atomic mass is 19.1. The maximum absolute atomic E-state index is 12.9. The fourth-order valence-corrected chi connectivity index (χ4v) is 4.35. The lowest BCUT2D eigenvalue weighted by Crippen LogP contribution is -2.41. The molecule has 0 bridgehead atoms. The quantitative estimate of drug-likeness (QED) is 0.878. The van der Waals surface area contributed by atoms with Crippen LogP contribution in [0.1, 0.15) is 44.2 Å². The average Bonchev–Trinajstić information content (AvgIpc) is 3.26. The van der Waals surface area contributed by atoms with E-state index in [-0.39, 0.29) is 30.0 Å². The Bertz CT molecular complexity index is 679. The molecule has 1 aliphatic heterocycles. The van der Waals surface area contributed by atoms with Crippen molar-refractivity contribution < 1.29 is 14.0 Å². The molecular weight excluding hydrogens is 333 g/mol. The van der Waals surface area contributed by atoms with Crippen molar-refractivity contribution >= 4 is 11.8 Å². The number of rotatable bonds is 5. The maximum atomic E-state index is 12.9. The zero-order valence-electron chi connectivity index (χ0n) is 15.0. The lowest BCUT2D eigenvalue weighted by atomic mass is 9.84. The number of nitrogens with zero attached hydrogens (tertiary/aromatic N) is 2. The third kappa shape index (κ3) is 3.60. The molecule has 3 fully saturated rings. The first-order valence-electron chi connectivity index (χ1n) is 9.72. The van der Waals surface area contributed by atoms with E-state index >= 15 is 0 Å². The Labute approximate surface area is 153 Å². The third-order valence-corrected chi connectivity index (χ3v) is 6.59. The van der Waals surface area contributed by atoms with Gasteiger partial charge in [0.25, 0.3) is 0 Å². The van der Waals surface area contributed by atoms with E-state index in [4.69, 9.17) is 0 Å². The minimum atomic E-state index is -0.384. The Morgan fingerprint density at radius 1 is 1.27 bits per heavy atom. The third-order valence-electron chi connectivity index (χ3n) is 6.59. The van der Waals surface area contributed by atoms with Crippen LogP contribution in [0.5, 0.6) is 0 Å². The number of aromatic nitrogens is 1. The van der Waals surface area contributed by atoms with Gasteiger partial charge < -0.3 is 10.2 Å². The van der Waals surface area contributed by atoms with E-state index in [1.54, 1.807) is 6.07 Å². The minimum Gasteiger partial charge on any atom is -0.356 e. The summed E-state index contributed by atoms with van der Waals surface area (Å²) in [5, 5.41) is 3.13. The Kier molecular flexibility index (Phi) is 4.67. The molecule has 26 heavy (non-hydrogen) atoms. The summed E-state index contributed by atoms with van der Waals surface area (Å²) in [4.78, 5) is 30.3. The molecule has 0 aromatic carbocycles. The summed E-state index contributed by atoms with van der Waals surface area (Å²) in [5.74, 6) is 0.740. The SMILES string of the molecule is O=C(NC[C@@H]1CC12CCN(C(=O)Cc1ccc(F)cn1)CC2)C1CCC1. The first-order valence-corrected chi connectivity index (χ1v) is 9.72. The molecule has 2 aliphatic carbocycles. The number of piperidine rings is 1. The number of hydrogen-bond donors (Lipinski definition) is 1. The van der Waals surface area contributed by atoms with E-state index in [9.17, 15) is 14.0 Å². The number of carbonyl (C=O) groups is 2. The van der Waals surface area contributed by atoms with E-state index in [0.717, 1.165) is 51.5 Å². The van der Waals surface area contributed by atoms with Crippen molar-refractivity contribution in [1.29, 1.82) is 0 Å². The van der Waals surface area contributed by atoms with Crippen LogP contribution < -0.4 is 5.32 Å². The normalized spacial score (nSPS) is 24.2. The molecule has 6 heteroatoms. The predicted molar refractivity (Wildman–Crippen MR) is 94.6 cm³/mol. The second kappa shape index (κ2) is 6.97. The van der Waals surface area contributed by atoms with Gasteiger partial charge in [-0.05, 0) is 55.6 Å². The molecule has 0 unspecified atom stereocenters. The first kappa shape index (κ1) is 17.4. The smallest absolute Gasteiger partial charge is 0.228 e. The van der Waals surface area contributed by atoms with Crippen molar-refractivity contribution in [3.8, 4) is 0 Å². The summed E-state index contributed by atoms with van der Waals surface area (Å²) >= 11 is 0.